The maximum absolute atomic E-state index is 14.9. The van der Waals surface area contributed by atoms with Crippen molar-refractivity contribution in [3.8, 4) is 28.5 Å². The third-order valence-corrected chi connectivity index (χ3v) is 9.83. The minimum Gasteiger partial charge on any atom is -0.508 e. The predicted octanol–water partition coefficient (Wildman–Crippen LogP) is 7.56. The second kappa shape index (κ2) is 11.8. The van der Waals surface area contributed by atoms with Gasteiger partial charge in [0.2, 0.25) is 6.79 Å². The topological polar surface area (TPSA) is 101 Å². The number of hydrogen-bond acceptors (Lipinski definition) is 6. The quantitative estimate of drug-likeness (QED) is 0.202. The molecule has 6 heterocycles. The molecule has 0 saturated heterocycles. The Hall–Kier alpha value is -6.55. The monoisotopic (exact) mass is 675 g/mol. The number of nitrogens with zero attached hydrogens (tertiary/aromatic N) is 5. The molecule has 2 aliphatic heterocycles. The van der Waals surface area contributed by atoms with Crippen molar-refractivity contribution in [1.82, 2.24) is 18.7 Å². The Bertz CT molecular complexity index is 2520. The Morgan fingerprint density at radius 2 is 1.61 bits per heavy atom. The van der Waals surface area contributed by atoms with Crippen LogP contribution >= 0.6 is 0 Å². The highest BCUT2D eigenvalue weighted by atomic mass is 16.7. The van der Waals surface area contributed by atoms with Gasteiger partial charge in [0.15, 0.2) is 11.5 Å². The molecule has 10 nitrogen and oxygen atoms in total. The van der Waals surface area contributed by atoms with E-state index in [0.29, 0.717) is 63.0 Å². The molecule has 1 N–H and O–H groups in total. The van der Waals surface area contributed by atoms with Gasteiger partial charge in [-0.05, 0) is 92.1 Å². The first-order chi connectivity index (χ1) is 24.8. The molecule has 0 fully saturated rings. The molecule has 0 aliphatic carbocycles. The fourth-order valence-electron chi connectivity index (χ4n) is 7.31. The average molecular weight is 676 g/mol. The van der Waals surface area contributed by atoms with Crippen molar-refractivity contribution >= 4 is 34.4 Å². The van der Waals surface area contributed by atoms with E-state index in [0.717, 1.165) is 17.7 Å². The summed E-state index contributed by atoms with van der Waals surface area (Å²) in [4.78, 5) is 37.7. The second-order valence-corrected chi connectivity index (χ2v) is 13.1. The van der Waals surface area contributed by atoms with E-state index in [1.54, 1.807) is 35.2 Å². The lowest BCUT2D eigenvalue weighted by molar-refractivity contribution is 0.0658. The molecule has 3 aromatic carbocycles. The van der Waals surface area contributed by atoms with Crippen LogP contribution in [0, 0.1) is 6.92 Å². The molecule has 1 atom stereocenters. The lowest BCUT2D eigenvalue weighted by Gasteiger charge is -2.35. The van der Waals surface area contributed by atoms with Crippen LogP contribution in [0.3, 0.4) is 0 Å². The summed E-state index contributed by atoms with van der Waals surface area (Å²) in [5, 5.41) is 10.1. The number of imidazole rings is 1. The van der Waals surface area contributed by atoms with Gasteiger partial charge in [0.05, 0.1) is 33.7 Å². The highest BCUT2D eigenvalue weighted by Gasteiger charge is 2.33. The van der Waals surface area contributed by atoms with Crippen LogP contribution < -0.4 is 14.4 Å². The van der Waals surface area contributed by atoms with Gasteiger partial charge in [-0.15, -0.1) is 0 Å². The number of phenols is 1. The molecule has 9 rings (SSSR count). The van der Waals surface area contributed by atoms with Gasteiger partial charge in [0, 0.05) is 48.5 Å². The van der Waals surface area contributed by atoms with Crippen LogP contribution in [0.15, 0.2) is 116 Å². The van der Waals surface area contributed by atoms with E-state index in [9.17, 15) is 14.7 Å². The maximum Gasteiger partial charge on any atom is 0.265 e. The molecule has 0 radical (unpaired) electrons. The molecule has 2 aliphatic rings. The van der Waals surface area contributed by atoms with E-state index in [1.165, 1.54) is 5.56 Å². The smallest absolute Gasteiger partial charge is 0.265 e. The molecule has 252 valence electrons. The average Bonchev–Trinajstić information content (AvgIpc) is 3.87. The summed E-state index contributed by atoms with van der Waals surface area (Å²) in [6.07, 6.45) is 6.45. The number of pyridine rings is 2. The zero-order valence-electron chi connectivity index (χ0n) is 28.0. The molecule has 2 amide bonds. The zero-order chi connectivity index (χ0) is 34.8. The molecule has 4 aromatic heterocycles. The first-order valence-electron chi connectivity index (χ1n) is 16.8. The van der Waals surface area contributed by atoms with Crippen LogP contribution in [0.1, 0.15) is 44.5 Å². The van der Waals surface area contributed by atoms with Crippen molar-refractivity contribution in [2.24, 2.45) is 0 Å². The van der Waals surface area contributed by atoms with Crippen LogP contribution in [0.25, 0.3) is 22.4 Å². The summed E-state index contributed by atoms with van der Waals surface area (Å²) < 4.78 is 15.4. The number of benzene rings is 3. The Morgan fingerprint density at radius 3 is 2.43 bits per heavy atom. The molecule has 10 heteroatoms. The van der Waals surface area contributed by atoms with E-state index in [1.807, 2.05) is 93.8 Å². The highest BCUT2D eigenvalue weighted by Crippen LogP contribution is 2.42. The van der Waals surface area contributed by atoms with E-state index in [4.69, 9.17) is 9.47 Å². The summed E-state index contributed by atoms with van der Waals surface area (Å²) in [7, 11) is 0. The van der Waals surface area contributed by atoms with Gasteiger partial charge in [-0.25, -0.2) is 4.98 Å². The number of aryl methyl sites for hydroxylation is 1. The number of ether oxygens (including phenoxy) is 2. The number of phenolic OH excluding ortho intramolecular Hbond substituents is 1. The first-order valence-corrected chi connectivity index (χ1v) is 16.8. The number of fused-ring (bicyclic) bond motifs is 4. The van der Waals surface area contributed by atoms with Crippen LogP contribution in [-0.2, 0) is 13.0 Å². The van der Waals surface area contributed by atoms with Gasteiger partial charge in [-0.1, -0.05) is 30.3 Å². The standard InChI is InChI=1S/C41H33N5O5/c1-25-22-43-16-14-30(18-39(43)42-25)46(29-10-12-31(47)13-11-29)41(49)34-19-36(44-15-6-5-9-35(34)44)32-20-37-38(51-24-50-37)21-33(32)40(48)45-23-28-8-4-3-7-27(28)17-26(45)2/h3-16,18-22,26,47H,17,23-24H2,1-2H3/t26-/m1/s1. The van der Waals surface area contributed by atoms with Gasteiger partial charge in [-0.2, -0.15) is 0 Å². The fourth-order valence-corrected chi connectivity index (χ4v) is 7.31. The summed E-state index contributed by atoms with van der Waals surface area (Å²) in [6, 6.07) is 29.6. The number of hydrogen-bond donors (Lipinski definition) is 1. The normalized spacial score (nSPS) is 14.9. The SMILES string of the molecule is Cc1cn2ccc(N(C(=O)c3cc(-c4cc5c(cc4C(=O)N4Cc6ccccc6C[C@H]4C)OCO5)n4ccccc34)c3ccc(O)cc3)cc2n1. The molecule has 0 bridgehead atoms. The van der Waals surface area contributed by atoms with Crippen molar-refractivity contribution in [1.29, 1.82) is 0 Å². The molecular weight excluding hydrogens is 642 g/mol. The number of carbonyl (C=O) groups excluding carboxylic acids is 2. The van der Waals surface area contributed by atoms with E-state index in [2.05, 4.69) is 24.0 Å². The Labute approximate surface area is 293 Å². The van der Waals surface area contributed by atoms with E-state index >= 15 is 0 Å². The van der Waals surface area contributed by atoms with Gasteiger partial charge >= 0.3 is 0 Å². The molecule has 51 heavy (non-hydrogen) atoms. The van der Waals surface area contributed by atoms with E-state index < -0.39 is 0 Å². The van der Waals surface area contributed by atoms with Crippen molar-refractivity contribution < 1.29 is 24.2 Å². The van der Waals surface area contributed by atoms with Gasteiger partial charge in [0.25, 0.3) is 11.8 Å². The maximum atomic E-state index is 14.9. The summed E-state index contributed by atoms with van der Waals surface area (Å²) in [5.41, 5.74) is 7.95. The lowest BCUT2D eigenvalue weighted by Crippen LogP contribution is -2.42. The summed E-state index contributed by atoms with van der Waals surface area (Å²) in [6.45, 7) is 4.54. The third-order valence-electron chi connectivity index (χ3n) is 9.83. The van der Waals surface area contributed by atoms with Crippen molar-refractivity contribution in [2.45, 2.75) is 32.9 Å². The molecule has 0 unspecified atom stereocenters. The number of aromatic nitrogens is 3. The molecular formula is C41H33N5O5. The number of amides is 2. The van der Waals surface area contributed by atoms with Crippen molar-refractivity contribution in [3.63, 3.8) is 0 Å². The Morgan fingerprint density at radius 1 is 0.843 bits per heavy atom. The number of rotatable bonds is 5. The van der Waals surface area contributed by atoms with Crippen LogP contribution in [0.4, 0.5) is 11.4 Å². The highest BCUT2D eigenvalue weighted by molar-refractivity contribution is 6.16. The van der Waals surface area contributed by atoms with Gasteiger partial charge in [-0.3, -0.25) is 14.5 Å². The summed E-state index contributed by atoms with van der Waals surface area (Å²) in [5.74, 6) is 0.712. The molecule has 0 spiro atoms. The molecule has 7 aromatic rings. The fraction of sp³-hybridized carbons (Fsp3) is 0.146. The minimum atomic E-state index is -0.293. The largest absolute Gasteiger partial charge is 0.508 e. The minimum absolute atomic E-state index is 0.0260. The lowest BCUT2D eigenvalue weighted by atomic mass is 9.93. The van der Waals surface area contributed by atoms with Gasteiger partial charge < -0.3 is 28.3 Å². The van der Waals surface area contributed by atoms with Crippen LogP contribution in [0.5, 0.6) is 17.2 Å². The number of anilines is 2. The predicted molar refractivity (Wildman–Crippen MR) is 193 cm³/mol. The Kier molecular flexibility index (Phi) is 7.06. The van der Waals surface area contributed by atoms with Crippen molar-refractivity contribution in [3.05, 3.63) is 144 Å². The number of carbonyl (C=O) groups is 2. The van der Waals surface area contributed by atoms with Crippen LogP contribution in [0.2, 0.25) is 0 Å². The van der Waals surface area contributed by atoms with Gasteiger partial charge in [0.1, 0.15) is 11.4 Å². The van der Waals surface area contributed by atoms with Crippen molar-refractivity contribution in [2.75, 3.05) is 11.7 Å². The molecule has 0 saturated carbocycles. The second-order valence-electron chi connectivity index (χ2n) is 13.1. The Balaban J connectivity index is 1.19. The first kappa shape index (κ1) is 30.5. The zero-order valence-corrected chi connectivity index (χ0v) is 28.0. The summed E-state index contributed by atoms with van der Waals surface area (Å²) >= 11 is 0. The van der Waals surface area contributed by atoms with E-state index in [-0.39, 0.29) is 30.4 Å². The van der Waals surface area contributed by atoms with Crippen LogP contribution in [-0.4, -0.2) is 48.4 Å². The third kappa shape index (κ3) is 5.15. The number of aromatic hydroxyl groups is 1.